The molecule has 4 heterocycles. The number of tetrazole rings is 1. The number of aromatic amines is 1. The normalized spacial score (nSPS) is 24.2. The summed E-state index contributed by atoms with van der Waals surface area (Å²) >= 11 is 0. The first-order chi connectivity index (χ1) is 19.1. The first-order valence-corrected chi connectivity index (χ1v) is 13.7. The van der Waals surface area contributed by atoms with Gasteiger partial charge in [-0.2, -0.15) is 10.5 Å². The fourth-order valence-corrected chi connectivity index (χ4v) is 6.02. The van der Waals surface area contributed by atoms with Gasteiger partial charge in [-0.1, -0.05) is 18.2 Å². The minimum Gasteiger partial charge on any atom is -0.444 e. The van der Waals surface area contributed by atoms with Crippen LogP contribution in [0.25, 0.3) is 11.4 Å². The molecule has 13 heteroatoms. The van der Waals surface area contributed by atoms with Gasteiger partial charge in [0, 0.05) is 31.2 Å². The number of likely N-dealkylation sites (tertiary alicyclic amines) is 3. The zero-order valence-corrected chi connectivity index (χ0v) is 23.2. The number of hydrogen-bond donors (Lipinski definition) is 2. The Kier molecular flexibility index (Phi) is 7.46. The first kappa shape index (κ1) is 27.5. The number of carbonyl (C=O) groups is 3. The SMILES string of the molecule is C[C@H](c1cccc(-c2nn[nH]n2)c1)N1C(=O)[C@H]2C[C@@H]1CN2C[C@H](NC(=O)OC(C)(C)C)C(=O)N1CCC[C@H]1C#N. The van der Waals surface area contributed by atoms with Crippen molar-refractivity contribution in [2.45, 2.75) is 82.8 Å². The van der Waals surface area contributed by atoms with Crippen LogP contribution in [0.4, 0.5) is 4.79 Å². The third-order valence-electron chi connectivity index (χ3n) is 7.80. The van der Waals surface area contributed by atoms with Crippen LogP contribution in [-0.2, 0) is 14.3 Å². The Hall–Kier alpha value is -4.05. The average molecular weight is 550 g/mol. The number of piperazine rings is 1. The molecule has 3 fully saturated rings. The number of nitrogens with one attached hydrogen (secondary N) is 2. The fourth-order valence-electron chi connectivity index (χ4n) is 6.02. The second-order valence-corrected chi connectivity index (χ2v) is 11.7. The van der Waals surface area contributed by atoms with Crippen molar-refractivity contribution in [1.82, 2.24) is 40.6 Å². The van der Waals surface area contributed by atoms with E-state index in [4.69, 9.17) is 4.74 Å². The van der Waals surface area contributed by atoms with E-state index in [1.165, 1.54) is 4.90 Å². The number of hydrogen-bond acceptors (Lipinski definition) is 9. The third-order valence-corrected chi connectivity index (χ3v) is 7.80. The Bertz CT molecular complexity index is 1300. The molecule has 13 nitrogen and oxygen atoms in total. The van der Waals surface area contributed by atoms with E-state index in [0.29, 0.717) is 31.8 Å². The van der Waals surface area contributed by atoms with Gasteiger partial charge in [-0.15, -0.1) is 10.2 Å². The molecule has 3 saturated heterocycles. The van der Waals surface area contributed by atoms with Gasteiger partial charge in [0.25, 0.3) is 0 Å². The lowest BCUT2D eigenvalue weighted by Gasteiger charge is -2.39. The lowest BCUT2D eigenvalue weighted by atomic mass is 10.0. The molecule has 0 unspecified atom stereocenters. The van der Waals surface area contributed by atoms with Crippen LogP contribution in [-0.4, -0.2) is 103 Å². The molecule has 2 bridgehead atoms. The van der Waals surface area contributed by atoms with Gasteiger partial charge in [-0.05, 0) is 63.8 Å². The van der Waals surface area contributed by atoms with Crippen molar-refractivity contribution < 1.29 is 19.1 Å². The maximum absolute atomic E-state index is 13.6. The molecular weight excluding hydrogens is 514 g/mol. The minimum atomic E-state index is -0.937. The van der Waals surface area contributed by atoms with Gasteiger partial charge in [0.2, 0.25) is 17.6 Å². The first-order valence-electron chi connectivity index (χ1n) is 13.7. The number of nitrogens with zero attached hydrogens (tertiary/aromatic N) is 7. The number of nitriles is 1. The van der Waals surface area contributed by atoms with Crippen LogP contribution in [0.2, 0.25) is 0 Å². The van der Waals surface area contributed by atoms with Gasteiger partial charge in [-0.3, -0.25) is 14.5 Å². The minimum absolute atomic E-state index is 0.00625. The van der Waals surface area contributed by atoms with Gasteiger partial charge >= 0.3 is 6.09 Å². The molecule has 2 N–H and O–H groups in total. The predicted molar refractivity (Wildman–Crippen MR) is 142 cm³/mol. The third kappa shape index (κ3) is 5.49. The molecule has 3 aliphatic heterocycles. The lowest BCUT2D eigenvalue weighted by Crippen LogP contribution is -2.59. The summed E-state index contributed by atoms with van der Waals surface area (Å²) < 4.78 is 5.42. The van der Waals surface area contributed by atoms with Gasteiger partial charge < -0.3 is 19.9 Å². The quantitative estimate of drug-likeness (QED) is 0.523. The fraction of sp³-hybridized carbons (Fsp3) is 0.593. The van der Waals surface area contributed by atoms with Crippen LogP contribution in [0.3, 0.4) is 0 Å². The van der Waals surface area contributed by atoms with Gasteiger partial charge in [-0.25, -0.2) is 4.79 Å². The molecule has 0 aliphatic carbocycles. The van der Waals surface area contributed by atoms with Crippen molar-refractivity contribution in [3.63, 3.8) is 0 Å². The average Bonchev–Trinajstić information content (AvgIpc) is 3.71. The summed E-state index contributed by atoms with van der Waals surface area (Å²) in [5, 5.41) is 26.4. The molecule has 212 valence electrons. The molecular formula is C27H35N9O4. The van der Waals surface area contributed by atoms with Crippen LogP contribution in [0, 0.1) is 11.3 Å². The van der Waals surface area contributed by atoms with E-state index in [2.05, 4.69) is 32.0 Å². The number of fused-ring (bicyclic) bond motifs is 2. The topological polar surface area (TPSA) is 160 Å². The highest BCUT2D eigenvalue weighted by Crippen LogP contribution is 2.38. The van der Waals surface area contributed by atoms with Crippen molar-refractivity contribution >= 4 is 17.9 Å². The van der Waals surface area contributed by atoms with Crippen molar-refractivity contribution in [1.29, 1.82) is 5.26 Å². The van der Waals surface area contributed by atoms with E-state index in [1.54, 1.807) is 20.8 Å². The second kappa shape index (κ2) is 10.8. The summed E-state index contributed by atoms with van der Waals surface area (Å²) in [5.74, 6) is 0.154. The van der Waals surface area contributed by atoms with Gasteiger partial charge in [0.15, 0.2) is 0 Å². The van der Waals surface area contributed by atoms with Gasteiger partial charge in [0.05, 0.1) is 18.2 Å². The standard InChI is InChI=1S/C27H35N9O4/c1-16(17-7-5-8-18(11-17)23-30-32-33-31-23)36-20-12-22(25(36)38)34(14-20)15-21(29-26(39)40-27(2,3)4)24(37)35-10-6-9-19(35)13-28/h5,7-8,11,16,19-22H,6,9-10,12,14-15H2,1-4H3,(H,29,39)(H,30,31,32,33)/t16-,19+,20-,21+,22-/m1/s1. The highest BCUT2D eigenvalue weighted by molar-refractivity contribution is 5.88. The highest BCUT2D eigenvalue weighted by Gasteiger charge is 2.52. The lowest BCUT2D eigenvalue weighted by molar-refractivity contribution is -0.141. The van der Waals surface area contributed by atoms with Gasteiger partial charge in [0.1, 0.15) is 17.7 Å². The van der Waals surface area contributed by atoms with E-state index in [-0.39, 0.29) is 30.4 Å². The molecule has 3 amide bonds. The van der Waals surface area contributed by atoms with E-state index < -0.39 is 29.8 Å². The van der Waals surface area contributed by atoms with Crippen LogP contribution in [0.5, 0.6) is 0 Å². The largest absolute Gasteiger partial charge is 0.444 e. The summed E-state index contributed by atoms with van der Waals surface area (Å²) in [6.45, 7) is 8.46. The number of alkyl carbamates (subject to hydrolysis) is 1. The van der Waals surface area contributed by atoms with Crippen molar-refractivity contribution in [3.8, 4) is 17.5 Å². The number of amides is 3. The van der Waals surface area contributed by atoms with E-state index in [9.17, 15) is 19.6 Å². The molecule has 0 spiro atoms. The molecule has 1 aromatic heterocycles. The van der Waals surface area contributed by atoms with E-state index in [1.807, 2.05) is 41.0 Å². The van der Waals surface area contributed by atoms with Crippen molar-refractivity contribution in [2.75, 3.05) is 19.6 Å². The maximum Gasteiger partial charge on any atom is 0.408 e. The molecule has 2 aromatic rings. The zero-order valence-electron chi connectivity index (χ0n) is 23.2. The Morgan fingerprint density at radius 1 is 1.32 bits per heavy atom. The predicted octanol–water partition coefficient (Wildman–Crippen LogP) is 1.62. The molecule has 1 aromatic carbocycles. The molecule has 0 radical (unpaired) electrons. The maximum atomic E-state index is 13.6. The number of rotatable bonds is 7. The molecule has 40 heavy (non-hydrogen) atoms. The van der Waals surface area contributed by atoms with Crippen LogP contribution in [0.1, 0.15) is 58.6 Å². The van der Waals surface area contributed by atoms with Crippen molar-refractivity contribution in [2.24, 2.45) is 0 Å². The zero-order chi connectivity index (χ0) is 28.6. The van der Waals surface area contributed by atoms with E-state index >= 15 is 0 Å². The summed E-state index contributed by atoms with van der Waals surface area (Å²) in [4.78, 5) is 45.3. The summed E-state index contributed by atoms with van der Waals surface area (Å²) in [6.07, 6.45) is 1.28. The van der Waals surface area contributed by atoms with Crippen LogP contribution < -0.4 is 5.32 Å². The Morgan fingerprint density at radius 3 is 2.80 bits per heavy atom. The number of H-pyrrole nitrogens is 1. The second-order valence-electron chi connectivity index (χ2n) is 11.7. The van der Waals surface area contributed by atoms with Crippen molar-refractivity contribution in [3.05, 3.63) is 29.8 Å². The Labute approximate surface area is 232 Å². The summed E-state index contributed by atoms with van der Waals surface area (Å²) in [7, 11) is 0. The molecule has 3 aliphatic rings. The smallest absolute Gasteiger partial charge is 0.408 e. The molecule has 5 rings (SSSR count). The Balaban J connectivity index is 1.30. The van der Waals surface area contributed by atoms with Crippen LogP contribution in [0.15, 0.2) is 24.3 Å². The summed E-state index contributed by atoms with van der Waals surface area (Å²) in [6, 6.07) is 7.89. The monoisotopic (exact) mass is 549 g/mol. The number of benzene rings is 1. The number of ether oxygens (including phenoxy) is 1. The number of aromatic nitrogens is 4. The number of carbonyl (C=O) groups excluding carboxylic acids is 3. The highest BCUT2D eigenvalue weighted by atomic mass is 16.6. The summed E-state index contributed by atoms with van der Waals surface area (Å²) in [5.41, 5.74) is 1.04. The Morgan fingerprint density at radius 2 is 2.12 bits per heavy atom. The molecule has 5 atom stereocenters. The molecule has 0 saturated carbocycles. The van der Waals surface area contributed by atoms with E-state index in [0.717, 1.165) is 17.5 Å². The van der Waals surface area contributed by atoms with Crippen LogP contribution >= 0.6 is 0 Å².